The van der Waals surface area contributed by atoms with Crippen molar-refractivity contribution < 1.29 is 14.0 Å². The van der Waals surface area contributed by atoms with Gasteiger partial charge in [0, 0.05) is 31.6 Å². The van der Waals surface area contributed by atoms with E-state index in [1.807, 2.05) is 22.9 Å². The molecule has 0 unspecified atom stereocenters. The van der Waals surface area contributed by atoms with Gasteiger partial charge in [0.25, 0.3) is 5.91 Å². The van der Waals surface area contributed by atoms with E-state index in [1.165, 1.54) is 23.5 Å². The maximum atomic E-state index is 13.4. The Bertz CT molecular complexity index is 808. The predicted molar refractivity (Wildman–Crippen MR) is 93.7 cm³/mol. The summed E-state index contributed by atoms with van der Waals surface area (Å²) in [6.07, 6.45) is 1.47. The van der Waals surface area contributed by atoms with Gasteiger partial charge in [-0.05, 0) is 42.0 Å². The van der Waals surface area contributed by atoms with Crippen LogP contribution < -0.4 is 0 Å². The fourth-order valence-electron chi connectivity index (χ4n) is 3.89. The number of carbonyl (C=O) groups is 2. The highest BCUT2D eigenvalue weighted by atomic mass is 32.1. The van der Waals surface area contributed by atoms with Crippen molar-refractivity contribution in [1.82, 2.24) is 9.80 Å². The highest BCUT2D eigenvalue weighted by Gasteiger charge is 2.51. The molecule has 4 nitrogen and oxygen atoms in total. The molecule has 25 heavy (non-hydrogen) atoms. The number of hydrogen-bond donors (Lipinski definition) is 0. The first-order valence-electron chi connectivity index (χ1n) is 8.43. The number of amides is 2. The minimum absolute atomic E-state index is 0.00880. The largest absolute Gasteiger partial charge is 0.338 e. The quantitative estimate of drug-likeness (QED) is 0.846. The average Bonchev–Trinajstić information content (AvgIpc) is 3.33. The Morgan fingerprint density at radius 1 is 1.24 bits per heavy atom. The van der Waals surface area contributed by atoms with Crippen LogP contribution in [0.5, 0.6) is 0 Å². The first-order chi connectivity index (χ1) is 12.1. The fraction of sp³-hybridized carbons (Fsp3) is 0.368. The van der Waals surface area contributed by atoms with Crippen molar-refractivity contribution in [1.29, 1.82) is 0 Å². The predicted octanol–water partition coefficient (Wildman–Crippen LogP) is 3.15. The number of thiophene rings is 1. The monoisotopic (exact) mass is 358 g/mol. The van der Waals surface area contributed by atoms with Crippen molar-refractivity contribution >= 4 is 23.2 Å². The lowest BCUT2D eigenvalue weighted by atomic mass is 9.85. The molecule has 1 spiro atoms. The molecule has 4 rings (SSSR count). The Morgan fingerprint density at radius 3 is 2.84 bits per heavy atom. The molecule has 0 aliphatic carbocycles. The number of halogens is 1. The molecule has 2 saturated heterocycles. The van der Waals surface area contributed by atoms with Crippen LogP contribution in [0.1, 0.15) is 28.8 Å². The molecule has 1 aromatic carbocycles. The first-order valence-corrected chi connectivity index (χ1v) is 9.37. The molecule has 3 heterocycles. The van der Waals surface area contributed by atoms with Gasteiger partial charge in [0.2, 0.25) is 5.91 Å². The molecular formula is C19H19FN2O2S. The summed E-state index contributed by atoms with van der Waals surface area (Å²) in [5.74, 6) is -0.181. The highest BCUT2D eigenvalue weighted by Crippen LogP contribution is 2.41. The maximum absolute atomic E-state index is 13.4. The summed E-state index contributed by atoms with van der Waals surface area (Å²) < 4.78 is 13.4. The maximum Gasteiger partial charge on any atom is 0.254 e. The number of hydrogen-bond acceptors (Lipinski definition) is 3. The molecule has 1 aromatic heterocycles. The van der Waals surface area contributed by atoms with Crippen LogP contribution in [0, 0.1) is 11.2 Å². The summed E-state index contributed by atoms with van der Waals surface area (Å²) in [6.45, 7) is 2.20. The van der Waals surface area contributed by atoms with Crippen LogP contribution in [0.4, 0.5) is 4.39 Å². The van der Waals surface area contributed by atoms with Gasteiger partial charge in [-0.25, -0.2) is 4.39 Å². The minimum atomic E-state index is -0.459. The molecule has 6 heteroatoms. The van der Waals surface area contributed by atoms with Gasteiger partial charge in [-0.15, -0.1) is 0 Å². The Morgan fingerprint density at radius 2 is 2.08 bits per heavy atom. The molecule has 1 atom stereocenters. The Balaban J connectivity index is 1.45. The summed E-state index contributed by atoms with van der Waals surface area (Å²) >= 11 is 1.50. The molecule has 2 fully saturated rings. The van der Waals surface area contributed by atoms with E-state index in [0.29, 0.717) is 38.2 Å². The molecule has 130 valence electrons. The van der Waals surface area contributed by atoms with E-state index < -0.39 is 5.41 Å². The van der Waals surface area contributed by atoms with Gasteiger partial charge >= 0.3 is 0 Å². The molecule has 2 amide bonds. The Kier molecular flexibility index (Phi) is 4.07. The van der Waals surface area contributed by atoms with Crippen LogP contribution in [0.3, 0.4) is 0 Å². The standard InChI is InChI=1S/C19H19FN2O2S/c20-16-3-1-2-14(10-16)11-21-7-5-19(18(21)24)6-8-22(13-19)17(23)15-4-9-25-12-15/h1-4,9-10,12H,5-8,11,13H2/t19-/m0/s1. The van der Waals surface area contributed by atoms with Crippen LogP contribution in [-0.4, -0.2) is 41.2 Å². The number of benzene rings is 1. The molecule has 0 N–H and O–H groups in total. The van der Waals surface area contributed by atoms with E-state index in [-0.39, 0.29) is 17.6 Å². The number of rotatable bonds is 3. The van der Waals surface area contributed by atoms with E-state index in [4.69, 9.17) is 0 Å². The smallest absolute Gasteiger partial charge is 0.254 e. The highest BCUT2D eigenvalue weighted by molar-refractivity contribution is 7.08. The van der Waals surface area contributed by atoms with E-state index in [0.717, 1.165) is 12.0 Å². The van der Waals surface area contributed by atoms with Gasteiger partial charge in [0.1, 0.15) is 5.82 Å². The van der Waals surface area contributed by atoms with E-state index in [2.05, 4.69) is 0 Å². The molecule has 2 aromatic rings. The zero-order valence-corrected chi connectivity index (χ0v) is 14.6. The van der Waals surface area contributed by atoms with Crippen LogP contribution in [0.2, 0.25) is 0 Å². The summed E-state index contributed by atoms with van der Waals surface area (Å²) in [5, 5.41) is 3.74. The van der Waals surface area contributed by atoms with Crippen molar-refractivity contribution in [2.45, 2.75) is 19.4 Å². The van der Waals surface area contributed by atoms with E-state index in [9.17, 15) is 14.0 Å². The van der Waals surface area contributed by atoms with Gasteiger partial charge < -0.3 is 9.80 Å². The number of likely N-dealkylation sites (tertiary alicyclic amines) is 2. The summed E-state index contributed by atoms with van der Waals surface area (Å²) in [7, 11) is 0. The molecule has 2 aliphatic heterocycles. The Hall–Kier alpha value is -2.21. The van der Waals surface area contributed by atoms with Crippen molar-refractivity contribution in [2.75, 3.05) is 19.6 Å². The average molecular weight is 358 g/mol. The molecule has 0 radical (unpaired) electrons. The first kappa shape index (κ1) is 16.3. The van der Waals surface area contributed by atoms with Crippen molar-refractivity contribution in [3.8, 4) is 0 Å². The number of carbonyl (C=O) groups excluding carboxylic acids is 2. The summed E-state index contributed by atoms with van der Waals surface area (Å²) in [4.78, 5) is 29.1. The van der Waals surface area contributed by atoms with Gasteiger partial charge in [0.15, 0.2) is 0 Å². The topological polar surface area (TPSA) is 40.6 Å². The van der Waals surface area contributed by atoms with Crippen molar-refractivity contribution in [3.05, 3.63) is 58.0 Å². The molecule has 2 aliphatic rings. The Labute approximate surface area is 149 Å². The minimum Gasteiger partial charge on any atom is -0.338 e. The zero-order chi connectivity index (χ0) is 17.4. The van der Waals surface area contributed by atoms with E-state index >= 15 is 0 Å². The van der Waals surface area contributed by atoms with Crippen molar-refractivity contribution in [3.63, 3.8) is 0 Å². The lowest BCUT2D eigenvalue weighted by Gasteiger charge is -2.23. The normalized spacial score (nSPS) is 23.0. The second-order valence-electron chi connectivity index (χ2n) is 6.88. The molecular weight excluding hydrogens is 339 g/mol. The van der Waals surface area contributed by atoms with E-state index in [1.54, 1.807) is 15.9 Å². The van der Waals surface area contributed by atoms with Gasteiger partial charge in [-0.1, -0.05) is 12.1 Å². The zero-order valence-electron chi connectivity index (χ0n) is 13.8. The second kappa shape index (κ2) is 6.26. The van der Waals surface area contributed by atoms with Gasteiger partial charge in [0.05, 0.1) is 11.0 Å². The van der Waals surface area contributed by atoms with Gasteiger partial charge in [-0.3, -0.25) is 9.59 Å². The van der Waals surface area contributed by atoms with Crippen LogP contribution in [-0.2, 0) is 11.3 Å². The lowest BCUT2D eigenvalue weighted by molar-refractivity contribution is -0.135. The van der Waals surface area contributed by atoms with Crippen LogP contribution in [0.15, 0.2) is 41.1 Å². The third kappa shape index (κ3) is 2.95. The second-order valence-corrected chi connectivity index (χ2v) is 7.66. The molecule has 0 saturated carbocycles. The summed E-state index contributed by atoms with van der Waals surface area (Å²) in [6, 6.07) is 8.20. The van der Waals surface area contributed by atoms with Crippen LogP contribution in [0.25, 0.3) is 0 Å². The molecule has 0 bridgehead atoms. The lowest BCUT2D eigenvalue weighted by Crippen LogP contribution is -2.38. The SMILES string of the molecule is O=C(c1ccsc1)N1CC[C@@]2(CCN(Cc3cccc(F)c3)C2=O)C1. The third-order valence-corrected chi connectivity index (χ3v) is 5.96. The fourth-order valence-corrected chi connectivity index (χ4v) is 4.52. The van der Waals surface area contributed by atoms with Crippen molar-refractivity contribution in [2.24, 2.45) is 5.41 Å². The third-order valence-electron chi connectivity index (χ3n) is 5.27. The number of nitrogens with zero attached hydrogens (tertiary/aromatic N) is 2. The van der Waals surface area contributed by atoms with Gasteiger partial charge in [-0.2, -0.15) is 11.3 Å². The van der Waals surface area contributed by atoms with Crippen LogP contribution >= 0.6 is 11.3 Å². The summed E-state index contributed by atoms with van der Waals surface area (Å²) in [5.41, 5.74) is 1.04.